The average molecular weight is 208 g/mol. The molecule has 62 valence electrons. The predicted octanol–water partition coefficient (Wildman–Crippen LogP) is 2.04. The molecule has 0 aliphatic heterocycles. The molecule has 1 aromatic rings. The van der Waals surface area contributed by atoms with E-state index in [1.54, 1.807) is 0 Å². The van der Waals surface area contributed by atoms with E-state index in [1.807, 2.05) is 30.3 Å². The first-order valence-corrected chi connectivity index (χ1v) is 5.13. The Labute approximate surface area is 110 Å². The quantitative estimate of drug-likeness (QED) is 0.452. The summed E-state index contributed by atoms with van der Waals surface area (Å²) in [4.78, 5) is 0. The van der Waals surface area contributed by atoms with E-state index in [9.17, 15) is 12.9 Å². The Morgan fingerprint density at radius 1 is 1.08 bits per heavy atom. The number of benzene rings is 1. The van der Waals surface area contributed by atoms with E-state index in [2.05, 4.69) is 5.94 Å². The van der Waals surface area contributed by atoms with Crippen molar-refractivity contribution >= 4 is 56.5 Å². The summed E-state index contributed by atoms with van der Waals surface area (Å²) in [5, 5.41) is 0. The third kappa shape index (κ3) is 10.2. The van der Waals surface area contributed by atoms with E-state index in [0.717, 1.165) is 5.56 Å². The van der Waals surface area contributed by atoms with E-state index >= 15 is 0 Å². The van der Waals surface area contributed by atoms with Gasteiger partial charge in [-0.1, -0.05) is 0 Å². The topological polar surface area (TPSA) is 0 Å². The van der Waals surface area contributed by atoms with Crippen LogP contribution >= 0.6 is 0 Å². The van der Waals surface area contributed by atoms with Crippen LogP contribution in [0.5, 0.6) is 0 Å². The molecule has 1 rings (SSSR count). The molecule has 0 nitrogen and oxygen atoms in total. The Kier molecular flexibility index (Phi) is 9.04. The second kappa shape index (κ2) is 8.85. The third-order valence-corrected chi connectivity index (χ3v) is 1.43. The van der Waals surface area contributed by atoms with Gasteiger partial charge in [0.25, 0.3) is 0 Å². The van der Waals surface area contributed by atoms with Gasteiger partial charge in [-0.25, -0.2) is 0 Å². The molecule has 0 saturated heterocycles. The maximum atomic E-state index is 9.67. The second-order valence-electron chi connectivity index (χ2n) is 1.99. The molecule has 0 N–H and O–H groups in total. The fourth-order valence-corrected chi connectivity index (χ4v) is 1.12. The van der Waals surface area contributed by atoms with E-state index in [-0.39, 0.29) is 0 Å². The van der Waals surface area contributed by atoms with Gasteiger partial charge in [0.1, 0.15) is 0 Å². The molecule has 0 radical (unpaired) electrons. The Bertz CT molecular complexity index is 276. The molecule has 0 aliphatic rings. The van der Waals surface area contributed by atoms with Crippen molar-refractivity contribution in [1.29, 1.82) is 0 Å². The summed E-state index contributed by atoms with van der Waals surface area (Å²) in [5.74, 6) is 3.04. The minimum atomic E-state index is -3.67. The number of rotatable bonds is 0. The van der Waals surface area contributed by atoms with Crippen LogP contribution in [0.15, 0.2) is 30.3 Å². The summed E-state index contributed by atoms with van der Waals surface area (Å²) in [7, 11) is -3.67. The van der Waals surface area contributed by atoms with Crippen LogP contribution in [0.25, 0.3) is 0 Å². The molecule has 5 heteroatoms. The van der Waals surface area contributed by atoms with Crippen molar-refractivity contribution < 1.29 is 12.9 Å². The molecular formula is C8H5BF3K. The SMILES string of the molecule is FB(F)F.[K][C]#Cc1ccccc1. The summed E-state index contributed by atoms with van der Waals surface area (Å²) in [6.07, 6.45) is 0. The Morgan fingerprint density at radius 2 is 1.54 bits per heavy atom. The zero-order valence-electron chi connectivity index (χ0n) is 7.10. The Morgan fingerprint density at radius 3 is 1.92 bits per heavy atom. The zero-order valence-corrected chi connectivity index (χ0v) is 10.2. The third-order valence-electron chi connectivity index (χ3n) is 1.04. The summed E-state index contributed by atoms with van der Waals surface area (Å²) in [6, 6.07) is 10.1. The van der Waals surface area contributed by atoms with Gasteiger partial charge in [0.05, 0.1) is 0 Å². The monoisotopic (exact) mass is 208 g/mol. The molecule has 0 atom stereocenters. The van der Waals surface area contributed by atoms with Crippen molar-refractivity contribution in [2.24, 2.45) is 0 Å². The van der Waals surface area contributed by atoms with Crippen LogP contribution in [0.1, 0.15) is 5.56 Å². The molecule has 0 unspecified atom stereocenters. The fraction of sp³-hybridized carbons (Fsp3) is 0. The van der Waals surface area contributed by atoms with Crippen molar-refractivity contribution in [1.82, 2.24) is 0 Å². The van der Waals surface area contributed by atoms with Gasteiger partial charge in [-0.15, -0.1) is 0 Å². The maximum absolute atomic E-state index is 9.67. The Hall–Kier alpha value is 0.271. The first-order chi connectivity index (χ1) is 6.16. The van der Waals surface area contributed by atoms with Crippen LogP contribution < -0.4 is 0 Å². The van der Waals surface area contributed by atoms with Crippen molar-refractivity contribution in [3.63, 3.8) is 0 Å². The molecule has 0 saturated carbocycles. The fourth-order valence-electron chi connectivity index (χ4n) is 0.666. The molecular weight excluding hydrogens is 203 g/mol. The van der Waals surface area contributed by atoms with Crippen LogP contribution in [0, 0.1) is 5.94 Å². The van der Waals surface area contributed by atoms with Crippen LogP contribution in [0.4, 0.5) is 12.9 Å². The molecule has 13 heavy (non-hydrogen) atoms. The van der Waals surface area contributed by atoms with Crippen LogP contribution in [0.3, 0.4) is 0 Å². The van der Waals surface area contributed by atoms with Crippen LogP contribution in [0.2, 0.25) is 0 Å². The summed E-state index contributed by atoms with van der Waals surface area (Å²) < 4.78 is 32.0. The summed E-state index contributed by atoms with van der Waals surface area (Å²) in [6.45, 7) is 0. The first-order valence-electron chi connectivity index (χ1n) is 3.57. The minimum absolute atomic E-state index is 0.656. The van der Waals surface area contributed by atoms with Gasteiger partial charge >= 0.3 is 98.3 Å². The first kappa shape index (κ1) is 13.3. The van der Waals surface area contributed by atoms with Gasteiger partial charge in [-0.05, 0) is 0 Å². The van der Waals surface area contributed by atoms with E-state index in [4.69, 9.17) is 0 Å². The molecule has 0 spiro atoms. The Balaban J connectivity index is 0.000000310. The van der Waals surface area contributed by atoms with Crippen molar-refractivity contribution in [2.75, 3.05) is 0 Å². The number of hydrogen-bond donors (Lipinski definition) is 0. The van der Waals surface area contributed by atoms with Crippen molar-refractivity contribution in [2.45, 2.75) is 0 Å². The van der Waals surface area contributed by atoms with Gasteiger partial charge < -0.3 is 0 Å². The van der Waals surface area contributed by atoms with Gasteiger partial charge in [0.2, 0.25) is 0 Å². The molecule has 0 aliphatic carbocycles. The molecule has 1 aromatic carbocycles. The van der Waals surface area contributed by atoms with Gasteiger partial charge in [0.15, 0.2) is 0 Å². The molecule has 0 bridgehead atoms. The van der Waals surface area contributed by atoms with E-state index < -0.39 is 7.54 Å². The number of hydrogen-bond acceptors (Lipinski definition) is 0. The van der Waals surface area contributed by atoms with Gasteiger partial charge in [0, 0.05) is 0 Å². The molecule has 0 heterocycles. The predicted molar refractivity (Wildman–Crippen MR) is 48.2 cm³/mol. The summed E-state index contributed by atoms with van der Waals surface area (Å²) >= 11 is 0.656. The van der Waals surface area contributed by atoms with Crippen molar-refractivity contribution in [3.8, 4) is 5.94 Å². The molecule has 0 amide bonds. The van der Waals surface area contributed by atoms with Crippen LogP contribution in [-0.2, 0) is 0 Å². The number of halogens is 3. The molecule has 0 fully saturated rings. The zero-order chi connectivity index (χ0) is 10.1. The summed E-state index contributed by atoms with van der Waals surface area (Å²) in [5.41, 5.74) is 1.13. The van der Waals surface area contributed by atoms with Gasteiger partial charge in [-0.2, -0.15) is 0 Å². The average Bonchev–Trinajstić information content (AvgIpc) is 2.06. The van der Waals surface area contributed by atoms with E-state index in [1.165, 1.54) is 0 Å². The van der Waals surface area contributed by atoms with E-state index in [0.29, 0.717) is 49.0 Å². The molecule has 0 aromatic heterocycles. The second-order valence-corrected chi connectivity index (χ2v) is 2.77. The standard InChI is InChI=1S/C8H5.BF3.K/c1-2-8-6-4-3-5-7-8;2-1(3)4;/h3-7H;;. The normalized spacial score (nSPS) is 7.46. The van der Waals surface area contributed by atoms with Gasteiger partial charge in [-0.3, -0.25) is 12.9 Å². The van der Waals surface area contributed by atoms with Crippen molar-refractivity contribution in [3.05, 3.63) is 35.9 Å². The van der Waals surface area contributed by atoms with Crippen LogP contribution in [-0.4, -0.2) is 56.5 Å².